The fourth-order valence-electron chi connectivity index (χ4n) is 4.33. The minimum atomic E-state index is 0.196. The second kappa shape index (κ2) is 9.30. The SMILES string of the molecule is O=C(c1ccccc1CC1CCNC1)N1CCCN(Cc2ccccn2)CC1. The molecule has 0 spiro atoms. The first kappa shape index (κ1) is 19.1. The molecule has 0 radical (unpaired) electrons. The van der Waals surface area contributed by atoms with Gasteiger partial charge in [0.15, 0.2) is 0 Å². The molecule has 5 heteroatoms. The third kappa shape index (κ3) is 4.78. The summed E-state index contributed by atoms with van der Waals surface area (Å²) >= 11 is 0. The summed E-state index contributed by atoms with van der Waals surface area (Å²) in [5, 5.41) is 3.43. The fourth-order valence-corrected chi connectivity index (χ4v) is 4.33. The monoisotopic (exact) mass is 378 g/mol. The summed E-state index contributed by atoms with van der Waals surface area (Å²) in [7, 11) is 0. The Kier molecular flexibility index (Phi) is 6.34. The van der Waals surface area contributed by atoms with Crippen molar-refractivity contribution in [3.63, 3.8) is 0 Å². The van der Waals surface area contributed by atoms with Gasteiger partial charge in [-0.1, -0.05) is 24.3 Å². The molecule has 2 aliphatic heterocycles. The van der Waals surface area contributed by atoms with Crippen LogP contribution in [0.15, 0.2) is 48.7 Å². The molecule has 3 heterocycles. The zero-order chi connectivity index (χ0) is 19.2. The molecule has 1 unspecified atom stereocenters. The second-order valence-electron chi connectivity index (χ2n) is 7.96. The van der Waals surface area contributed by atoms with E-state index in [1.54, 1.807) is 0 Å². The molecule has 1 amide bonds. The van der Waals surface area contributed by atoms with E-state index in [-0.39, 0.29) is 5.91 Å². The van der Waals surface area contributed by atoms with Crippen LogP contribution in [0.5, 0.6) is 0 Å². The molecule has 2 aromatic rings. The maximum Gasteiger partial charge on any atom is 0.254 e. The molecule has 1 aromatic carbocycles. The zero-order valence-electron chi connectivity index (χ0n) is 16.5. The topological polar surface area (TPSA) is 48.5 Å². The van der Waals surface area contributed by atoms with Crippen LogP contribution >= 0.6 is 0 Å². The Bertz CT molecular complexity index is 773. The van der Waals surface area contributed by atoms with Gasteiger partial charge in [-0.05, 0) is 62.0 Å². The number of aromatic nitrogens is 1. The highest BCUT2D eigenvalue weighted by Gasteiger charge is 2.24. The molecule has 1 N–H and O–H groups in total. The van der Waals surface area contributed by atoms with Crippen LogP contribution in [-0.4, -0.2) is 60.0 Å². The molecule has 2 fully saturated rings. The van der Waals surface area contributed by atoms with Gasteiger partial charge in [0.05, 0.1) is 5.69 Å². The number of nitrogens with one attached hydrogen (secondary N) is 1. The minimum Gasteiger partial charge on any atom is -0.337 e. The molecule has 0 saturated carbocycles. The van der Waals surface area contributed by atoms with E-state index >= 15 is 0 Å². The lowest BCUT2D eigenvalue weighted by molar-refractivity contribution is 0.0759. The van der Waals surface area contributed by atoms with Gasteiger partial charge < -0.3 is 10.2 Å². The molecular weight excluding hydrogens is 348 g/mol. The van der Waals surface area contributed by atoms with Crippen molar-refractivity contribution in [3.8, 4) is 0 Å². The van der Waals surface area contributed by atoms with Crippen molar-refractivity contribution >= 4 is 5.91 Å². The number of amides is 1. The normalized spacial score (nSPS) is 20.9. The van der Waals surface area contributed by atoms with Crippen molar-refractivity contribution in [2.24, 2.45) is 5.92 Å². The lowest BCUT2D eigenvalue weighted by Gasteiger charge is -2.23. The molecule has 0 aliphatic carbocycles. The third-order valence-corrected chi connectivity index (χ3v) is 5.91. The van der Waals surface area contributed by atoms with Gasteiger partial charge in [0.2, 0.25) is 0 Å². The summed E-state index contributed by atoms with van der Waals surface area (Å²) in [6.07, 6.45) is 5.05. The molecule has 2 aliphatic rings. The van der Waals surface area contributed by atoms with E-state index in [1.807, 2.05) is 35.4 Å². The van der Waals surface area contributed by atoms with Crippen LogP contribution in [0.1, 0.15) is 34.5 Å². The highest BCUT2D eigenvalue weighted by molar-refractivity contribution is 5.95. The van der Waals surface area contributed by atoms with Crippen LogP contribution in [0.4, 0.5) is 0 Å². The number of hydrogen-bond donors (Lipinski definition) is 1. The maximum atomic E-state index is 13.3. The summed E-state index contributed by atoms with van der Waals surface area (Å²) in [6, 6.07) is 14.3. The molecule has 148 valence electrons. The van der Waals surface area contributed by atoms with Crippen LogP contribution in [0.3, 0.4) is 0 Å². The van der Waals surface area contributed by atoms with Gasteiger partial charge in [0.1, 0.15) is 0 Å². The van der Waals surface area contributed by atoms with Crippen LogP contribution in [0, 0.1) is 5.92 Å². The largest absolute Gasteiger partial charge is 0.337 e. The van der Waals surface area contributed by atoms with Crippen LogP contribution in [0.25, 0.3) is 0 Å². The number of nitrogens with zero attached hydrogens (tertiary/aromatic N) is 3. The van der Waals surface area contributed by atoms with Gasteiger partial charge in [0.25, 0.3) is 5.91 Å². The first-order chi connectivity index (χ1) is 13.8. The molecule has 0 bridgehead atoms. The maximum absolute atomic E-state index is 13.3. The van der Waals surface area contributed by atoms with Crippen molar-refractivity contribution in [2.45, 2.75) is 25.8 Å². The predicted molar refractivity (Wildman–Crippen MR) is 111 cm³/mol. The summed E-state index contributed by atoms with van der Waals surface area (Å²) in [4.78, 5) is 22.2. The summed E-state index contributed by atoms with van der Waals surface area (Å²) in [5.74, 6) is 0.841. The van der Waals surface area contributed by atoms with Gasteiger partial charge in [0, 0.05) is 44.5 Å². The van der Waals surface area contributed by atoms with Crippen LogP contribution in [-0.2, 0) is 13.0 Å². The van der Waals surface area contributed by atoms with E-state index < -0.39 is 0 Å². The molecule has 1 aromatic heterocycles. The highest BCUT2D eigenvalue weighted by Crippen LogP contribution is 2.20. The summed E-state index contributed by atoms with van der Waals surface area (Å²) in [6.45, 7) is 6.54. The molecule has 2 saturated heterocycles. The Morgan fingerprint density at radius 3 is 2.79 bits per heavy atom. The molecule has 4 rings (SSSR count). The molecular formula is C23H30N4O. The summed E-state index contributed by atoms with van der Waals surface area (Å²) in [5.41, 5.74) is 3.20. The van der Waals surface area contributed by atoms with E-state index in [0.29, 0.717) is 5.92 Å². The van der Waals surface area contributed by atoms with E-state index in [0.717, 1.165) is 69.9 Å². The Morgan fingerprint density at radius 1 is 1.07 bits per heavy atom. The first-order valence-corrected chi connectivity index (χ1v) is 10.5. The lowest BCUT2D eigenvalue weighted by atomic mass is 9.94. The number of rotatable bonds is 5. The van der Waals surface area contributed by atoms with Crippen molar-refractivity contribution in [3.05, 3.63) is 65.5 Å². The zero-order valence-corrected chi connectivity index (χ0v) is 16.5. The van der Waals surface area contributed by atoms with Gasteiger partial charge in [-0.25, -0.2) is 0 Å². The Balaban J connectivity index is 1.40. The Hall–Kier alpha value is -2.24. The minimum absolute atomic E-state index is 0.196. The van der Waals surface area contributed by atoms with Crippen LogP contribution < -0.4 is 5.32 Å². The molecule has 1 atom stereocenters. The third-order valence-electron chi connectivity index (χ3n) is 5.91. The van der Waals surface area contributed by atoms with E-state index in [1.165, 1.54) is 12.0 Å². The van der Waals surface area contributed by atoms with Gasteiger partial charge >= 0.3 is 0 Å². The number of hydrogen-bond acceptors (Lipinski definition) is 4. The number of benzene rings is 1. The summed E-state index contributed by atoms with van der Waals surface area (Å²) < 4.78 is 0. The fraction of sp³-hybridized carbons (Fsp3) is 0.478. The van der Waals surface area contributed by atoms with Crippen molar-refractivity contribution in [1.82, 2.24) is 20.1 Å². The number of pyridine rings is 1. The van der Waals surface area contributed by atoms with E-state index in [2.05, 4.69) is 33.4 Å². The quantitative estimate of drug-likeness (QED) is 0.869. The second-order valence-corrected chi connectivity index (χ2v) is 7.96. The average Bonchev–Trinajstić information content (AvgIpc) is 3.13. The van der Waals surface area contributed by atoms with Crippen LogP contribution in [0.2, 0.25) is 0 Å². The smallest absolute Gasteiger partial charge is 0.254 e. The van der Waals surface area contributed by atoms with Crippen molar-refractivity contribution < 1.29 is 4.79 Å². The first-order valence-electron chi connectivity index (χ1n) is 10.5. The van der Waals surface area contributed by atoms with Crippen molar-refractivity contribution in [1.29, 1.82) is 0 Å². The van der Waals surface area contributed by atoms with E-state index in [9.17, 15) is 4.79 Å². The standard InChI is InChI=1S/C23H30N4O/c28-23(22-8-2-1-6-20(22)16-19-9-11-24-17-19)27-13-5-12-26(14-15-27)18-21-7-3-4-10-25-21/h1-4,6-8,10,19,24H,5,9,11-18H2. The van der Waals surface area contributed by atoms with Gasteiger partial charge in [-0.3, -0.25) is 14.7 Å². The molecule has 28 heavy (non-hydrogen) atoms. The lowest BCUT2D eigenvalue weighted by Crippen LogP contribution is -2.35. The number of carbonyl (C=O) groups excluding carboxylic acids is 1. The Labute approximate surface area is 167 Å². The van der Waals surface area contributed by atoms with E-state index in [4.69, 9.17) is 0 Å². The average molecular weight is 379 g/mol. The highest BCUT2D eigenvalue weighted by atomic mass is 16.2. The molecule has 5 nitrogen and oxygen atoms in total. The van der Waals surface area contributed by atoms with Gasteiger partial charge in [-0.15, -0.1) is 0 Å². The number of carbonyl (C=O) groups is 1. The van der Waals surface area contributed by atoms with Crippen molar-refractivity contribution in [2.75, 3.05) is 39.3 Å². The predicted octanol–water partition coefficient (Wildman–Crippen LogP) is 2.58. The van der Waals surface area contributed by atoms with Gasteiger partial charge in [-0.2, -0.15) is 0 Å². The Morgan fingerprint density at radius 2 is 1.96 bits per heavy atom.